The van der Waals surface area contributed by atoms with E-state index in [1.165, 1.54) is 11.1 Å². The minimum Gasteiger partial charge on any atom is -0.346 e. The maximum Gasteiger partial charge on any atom is 0.189 e. The van der Waals surface area contributed by atoms with E-state index in [0.717, 1.165) is 25.7 Å². The van der Waals surface area contributed by atoms with Crippen LogP contribution in [-0.4, -0.2) is 11.1 Å². The molecule has 0 aromatic heterocycles. The molecule has 0 amide bonds. The fraction of sp³-hybridized carbons (Fsp3) is 0.333. The van der Waals surface area contributed by atoms with Gasteiger partial charge in [-0.3, -0.25) is 4.57 Å². The van der Waals surface area contributed by atoms with Crippen molar-refractivity contribution in [2.75, 3.05) is 6.16 Å². The Morgan fingerprint density at radius 1 is 0.905 bits per heavy atom. The first-order valence-electron chi connectivity index (χ1n) is 7.56. The van der Waals surface area contributed by atoms with Crippen molar-refractivity contribution in [3.8, 4) is 0 Å². The van der Waals surface area contributed by atoms with Crippen LogP contribution in [0.25, 0.3) is 0 Å². The molecular formula is C18H23O2P. The quantitative estimate of drug-likeness (QED) is 0.721. The van der Waals surface area contributed by atoms with Crippen LogP contribution >= 0.6 is 8.03 Å². The molecule has 0 radical (unpaired) electrons. The van der Waals surface area contributed by atoms with E-state index in [1.54, 1.807) is 0 Å². The summed E-state index contributed by atoms with van der Waals surface area (Å²) in [6, 6.07) is 20.8. The monoisotopic (exact) mass is 302 g/mol. The van der Waals surface area contributed by atoms with Gasteiger partial charge in [-0.15, -0.1) is 0 Å². The van der Waals surface area contributed by atoms with Gasteiger partial charge in [0.15, 0.2) is 8.03 Å². The third kappa shape index (κ3) is 5.87. The second-order valence-corrected chi connectivity index (χ2v) is 6.71. The van der Waals surface area contributed by atoms with Crippen LogP contribution in [0.15, 0.2) is 60.7 Å². The van der Waals surface area contributed by atoms with Crippen LogP contribution in [0.5, 0.6) is 0 Å². The number of benzene rings is 2. The molecule has 0 aliphatic heterocycles. The van der Waals surface area contributed by atoms with Gasteiger partial charge in [-0.1, -0.05) is 60.7 Å². The molecule has 112 valence electrons. The van der Waals surface area contributed by atoms with Gasteiger partial charge in [0.05, 0.1) is 0 Å². The first-order valence-corrected chi connectivity index (χ1v) is 9.12. The van der Waals surface area contributed by atoms with Gasteiger partial charge in [-0.25, -0.2) is 0 Å². The van der Waals surface area contributed by atoms with Crippen LogP contribution in [-0.2, 0) is 11.0 Å². The highest BCUT2D eigenvalue weighted by atomic mass is 31.1. The second kappa shape index (κ2) is 8.81. The van der Waals surface area contributed by atoms with Crippen LogP contribution in [0, 0.1) is 0 Å². The van der Waals surface area contributed by atoms with Gasteiger partial charge in [0, 0.05) is 6.16 Å². The predicted molar refractivity (Wildman–Crippen MR) is 89.3 cm³/mol. The molecule has 0 saturated heterocycles. The molecule has 0 spiro atoms. The van der Waals surface area contributed by atoms with Crippen molar-refractivity contribution in [1.82, 2.24) is 0 Å². The molecule has 2 rings (SSSR count). The van der Waals surface area contributed by atoms with Gasteiger partial charge < -0.3 is 4.89 Å². The lowest BCUT2D eigenvalue weighted by Gasteiger charge is -2.16. The Bertz CT molecular complexity index is 540. The first-order chi connectivity index (χ1) is 10.3. The summed E-state index contributed by atoms with van der Waals surface area (Å²) in [5, 5.41) is 0. The summed E-state index contributed by atoms with van der Waals surface area (Å²) in [6.07, 6.45) is 4.46. The fourth-order valence-corrected chi connectivity index (χ4v) is 3.29. The molecule has 2 atom stereocenters. The first kappa shape index (κ1) is 16.0. The second-order valence-electron chi connectivity index (χ2n) is 5.42. The summed E-state index contributed by atoms with van der Waals surface area (Å²) in [5.41, 5.74) is 2.65. The summed E-state index contributed by atoms with van der Waals surface area (Å²) in [5.74, 6) is 0.385. The van der Waals surface area contributed by atoms with E-state index >= 15 is 0 Å². The Kier molecular flexibility index (Phi) is 6.72. The van der Waals surface area contributed by atoms with Crippen molar-refractivity contribution in [3.63, 3.8) is 0 Å². The van der Waals surface area contributed by atoms with E-state index in [2.05, 4.69) is 36.4 Å². The molecule has 0 aliphatic rings. The molecule has 2 unspecified atom stereocenters. The SMILES string of the molecule is O=[PH](O)CCC(CCCc1ccccc1)c1ccccc1. The van der Waals surface area contributed by atoms with Crippen molar-refractivity contribution in [2.45, 2.75) is 31.6 Å². The Morgan fingerprint density at radius 2 is 1.52 bits per heavy atom. The van der Waals surface area contributed by atoms with Crippen molar-refractivity contribution in [3.05, 3.63) is 71.8 Å². The Balaban J connectivity index is 1.91. The normalized spacial score (nSPS) is 13.8. The van der Waals surface area contributed by atoms with E-state index in [4.69, 9.17) is 4.89 Å². The van der Waals surface area contributed by atoms with Gasteiger partial charge in [0.25, 0.3) is 0 Å². The van der Waals surface area contributed by atoms with Crippen molar-refractivity contribution >= 4 is 8.03 Å². The van der Waals surface area contributed by atoms with Crippen molar-refractivity contribution in [1.29, 1.82) is 0 Å². The van der Waals surface area contributed by atoms with Gasteiger partial charge in [0.1, 0.15) is 0 Å². The molecule has 0 aliphatic carbocycles. The molecule has 0 saturated carbocycles. The highest BCUT2D eigenvalue weighted by molar-refractivity contribution is 7.37. The van der Waals surface area contributed by atoms with Crippen molar-refractivity contribution < 1.29 is 9.46 Å². The molecular weight excluding hydrogens is 279 g/mol. The Labute approximate surface area is 127 Å². The predicted octanol–water partition coefficient (Wildman–Crippen LogP) is 4.65. The lowest BCUT2D eigenvalue weighted by atomic mass is 9.90. The van der Waals surface area contributed by atoms with E-state index < -0.39 is 8.03 Å². The molecule has 3 heteroatoms. The average molecular weight is 302 g/mol. The van der Waals surface area contributed by atoms with E-state index in [1.807, 2.05) is 24.3 Å². The number of rotatable bonds is 8. The summed E-state index contributed by atoms with van der Waals surface area (Å²) in [4.78, 5) is 9.10. The summed E-state index contributed by atoms with van der Waals surface area (Å²) < 4.78 is 11.0. The lowest BCUT2D eigenvalue weighted by Crippen LogP contribution is -2.01. The maximum atomic E-state index is 11.0. The standard InChI is InChI=1S/C18H23O2P/c19-21(20)15-14-18(17-11-5-2-6-12-17)13-7-10-16-8-3-1-4-9-16/h1-6,8-9,11-12,18,21H,7,10,13-15H2,(H,19,20). The smallest absolute Gasteiger partial charge is 0.189 e. The minimum atomic E-state index is -2.36. The Hall–Kier alpha value is -1.37. The van der Waals surface area contributed by atoms with Crippen LogP contribution in [0.4, 0.5) is 0 Å². The van der Waals surface area contributed by atoms with Gasteiger partial charge in [-0.2, -0.15) is 0 Å². The molecule has 0 bridgehead atoms. The molecule has 0 heterocycles. The van der Waals surface area contributed by atoms with E-state index in [9.17, 15) is 4.57 Å². The van der Waals surface area contributed by atoms with Gasteiger partial charge in [0.2, 0.25) is 0 Å². The number of hydrogen-bond acceptors (Lipinski definition) is 1. The molecule has 21 heavy (non-hydrogen) atoms. The lowest BCUT2D eigenvalue weighted by molar-refractivity contribution is 0.493. The third-order valence-electron chi connectivity index (χ3n) is 3.84. The topological polar surface area (TPSA) is 37.3 Å². The van der Waals surface area contributed by atoms with Gasteiger partial charge >= 0.3 is 0 Å². The maximum absolute atomic E-state index is 11.0. The summed E-state index contributed by atoms with van der Waals surface area (Å²) in [7, 11) is -2.36. The molecule has 2 aromatic carbocycles. The van der Waals surface area contributed by atoms with Gasteiger partial charge in [-0.05, 0) is 42.7 Å². The van der Waals surface area contributed by atoms with E-state index in [-0.39, 0.29) is 0 Å². The molecule has 2 nitrogen and oxygen atoms in total. The highest BCUT2D eigenvalue weighted by Crippen LogP contribution is 2.29. The van der Waals surface area contributed by atoms with Crippen molar-refractivity contribution in [2.24, 2.45) is 0 Å². The van der Waals surface area contributed by atoms with Crippen LogP contribution < -0.4 is 0 Å². The minimum absolute atomic E-state index is 0.385. The zero-order valence-corrected chi connectivity index (χ0v) is 13.2. The van der Waals surface area contributed by atoms with Crippen LogP contribution in [0.1, 0.15) is 36.3 Å². The average Bonchev–Trinajstić information content (AvgIpc) is 2.52. The highest BCUT2D eigenvalue weighted by Gasteiger charge is 2.12. The number of hydrogen-bond donors (Lipinski definition) is 1. The third-order valence-corrected chi connectivity index (χ3v) is 4.55. The fourth-order valence-electron chi connectivity index (χ4n) is 2.70. The molecule has 1 N–H and O–H groups in total. The molecule has 0 fully saturated rings. The number of aryl methyl sites for hydroxylation is 1. The van der Waals surface area contributed by atoms with Crippen LogP contribution in [0.2, 0.25) is 0 Å². The van der Waals surface area contributed by atoms with E-state index in [0.29, 0.717) is 12.1 Å². The zero-order valence-electron chi connectivity index (χ0n) is 12.2. The zero-order chi connectivity index (χ0) is 14.9. The largest absolute Gasteiger partial charge is 0.346 e. The summed E-state index contributed by atoms with van der Waals surface area (Å²) >= 11 is 0. The summed E-state index contributed by atoms with van der Waals surface area (Å²) in [6.45, 7) is 0. The van der Waals surface area contributed by atoms with Crippen LogP contribution in [0.3, 0.4) is 0 Å². The molecule has 2 aromatic rings. The Morgan fingerprint density at radius 3 is 2.14 bits per heavy atom.